The van der Waals surface area contributed by atoms with Gasteiger partial charge in [0.15, 0.2) is 5.11 Å². The first kappa shape index (κ1) is 14.9. The quantitative estimate of drug-likeness (QED) is 0.509. The van der Waals surface area contributed by atoms with Gasteiger partial charge in [-0.2, -0.15) is 0 Å². The summed E-state index contributed by atoms with van der Waals surface area (Å²) in [7, 11) is 0. The van der Waals surface area contributed by atoms with Crippen LogP contribution in [0.5, 0.6) is 0 Å². The van der Waals surface area contributed by atoms with Crippen LogP contribution < -0.4 is 10.6 Å². The molecule has 0 amide bonds. The van der Waals surface area contributed by atoms with Crippen molar-refractivity contribution in [2.45, 2.75) is 13.8 Å². The van der Waals surface area contributed by atoms with E-state index in [1.54, 1.807) is 12.1 Å². The average molecular weight is 301 g/mol. The molecule has 0 heterocycles. The molecule has 108 valence electrons. The molecule has 21 heavy (non-hydrogen) atoms. The van der Waals surface area contributed by atoms with Crippen molar-refractivity contribution in [2.24, 2.45) is 0 Å². The standard InChI is InChI=1S/C15H15N3O2S/c1-10-4-3-5-11(2)14(10)17-15(21)16-12-6-8-13(9-7-12)18(19)20/h3-9H,1-2H3,(H2,16,17,21). The number of anilines is 2. The van der Waals surface area contributed by atoms with Gasteiger partial charge in [-0.3, -0.25) is 10.1 Å². The third kappa shape index (κ3) is 3.76. The zero-order chi connectivity index (χ0) is 15.4. The van der Waals surface area contributed by atoms with Gasteiger partial charge in [0.25, 0.3) is 5.69 Å². The lowest BCUT2D eigenvalue weighted by molar-refractivity contribution is -0.384. The number of hydrogen-bond acceptors (Lipinski definition) is 3. The van der Waals surface area contributed by atoms with E-state index in [4.69, 9.17) is 12.2 Å². The molecule has 0 aliphatic heterocycles. The highest BCUT2D eigenvalue weighted by Crippen LogP contribution is 2.20. The van der Waals surface area contributed by atoms with Gasteiger partial charge in [-0.05, 0) is 49.3 Å². The van der Waals surface area contributed by atoms with Crippen molar-refractivity contribution in [2.75, 3.05) is 10.6 Å². The fourth-order valence-corrected chi connectivity index (χ4v) is 2.17. The fourth-order valence-electron chi connectivity index (χ4n) is 1.95. The lowest BCUT2D eigenvalue weighted by Crippen LogP contribution is -2.20. The Hall–Kier alpha value is -2.47. The van der Waals surface area contributed by atoms with Crippen LogP contribution in [-0.4, -0.2) is 10.0 Å². The predicted molar refractivity (Wildman–Crippen MR) is 88.9 cm³/mol. The second kappa shape index (κ2) is 6.32. The number of aryl methyl sites for hydroxylation is 2. The molecule has 2 aromatic carbocycles. The first-order chi connectivity index (χ1) is 9.97. The van der Waals surface area contributed by atoms with Crippen molar-refractivity contribution in [3.8, 4) is 0 Å². The Balaban J connectivity index is 2.06. The van der Waals surface area contributed by atoms with Gasteiger partial charge in [0.1, 0.15) is 0 Å². The lowest BCUT2D eigenvalue weighted by Gasteiger charge is -2.14. The van der Waals surface area contributed by atoms with E-state index in [0.717, 1.165) is 16.8 Å². The summed E-state index contributed by atoms with van der Waals surface area (Å²) in [5, 5.41) is 17.2. The highest BCUT2D eigenvalue weighted by Gasteiger charge is 2.07. The van der Waals surface area contributed by atoms with Crippen LogP contribution in [0.2, 0.25) is 0 Å². The molecule has 0 aromatic heterocycles. The van der Waals surface area contributed by atoms with Crippen molar-refractivity contribution in [3.05, 3.63) is 63.7 Å². The molecule has 6 heteroatoms. The molecule has 5 nitrogen and oxygen atoms in total. The Labute approximate surface area is 128 Å². The maximum Gasteiger partial charge on any atom is 0.269 e. The molecule has 0 unspecified atom stereocenters. The highest BCUT2D eigenvalue weighted by molar-refractivity contribution is 7.80. The molecule has 2 aromatic rings. The molecule has 0 bridgehead atoms. The van der Waals surface area contributed by atoms with Crippen LogP contribution in [0, 0.1) is 24.0 Å². The summed E-state index contributed by atoms with van der Waals surface area (Å²) in [6.45, 7) is 4.01. The second-order valence-electron chi connectivity index (χ2n) is 4.65. The topological polar surface area (TPSA) is 67.2 Å². The molecular weight excluding hydrogens is 286 g/mol. The minimum atomic E-state index is -0.433. The van der Waals surface area contributed by atoms with Crippen LogP contribution in [-0.2, 0) is 0 Å². The number of rotatable bonds is 3. The number of nitro groups is 1. The van der Waals surface area contributed by atoms with E-state index in [-0.39, 0.29) is 5.69 Å². The summed E-state index contributed by atoms with van der Waals surface area (Å²) < 4.78 is 0. The summed E-state index contributed by atoms with van der Waals surface area (Å²) >= 11 is 5.27. The van der Waals surface area contributed by atoms with E-state index in [1.807, 2.05) is 32.0 Å². The molecule has 0 saturated carbocycles. The van der Waals surface area contributed by atoms with Gasteiger partial charge in [-0.25, -0.2) is 0 Å². The third-order valence-electron chi connectivity index (χ3n) is 3.06. The lowest BCUT2D eigenvalue weighted by atomic mass is 10.1. The van der Waals surface area contributed by atoms with Gasteiger partial charge >= 0.3 is 0 Å². The Morgan fingerprint density at radius 3 is 2.14 bits per heavy atom. The first-order valence-electron chi connectivity index (χ1n) is 6.36. The van der Waals surface area contributed by atoms with Gasteiger partial charge < -0.3 is 10.6 Å². The molecule has 0 spiro atoms. The number of hydrogen-bond donors (Lipinski definition) is 2. The summed E-state index contributed by atoms with van der Waals surface area (Å²) in [5.41, 5.74) is 3.92. The summed E-state index contributed by atoms with van der Waals surface area (Å²) in [5.74, 6) is 0. The highest BCUT2D eigenvalue weighted by atomic mass is 32.1. The van der Waals surface area contributed by atoms with Crippen molar-refractivity contribution < 1.29 is 4.92 Å². The number of para-hydroxylation sites is 1. The van der Waals surface area contributed by atoms with Crippen molar-refractivity contribution in [3.63, 3.8) is 0 Å². The van der Waals surface area contributed by atoms with Crippen LogP contribution in [0.25, 0.3) is 0 Å². The van der Waals surface area contributed by atoms with Gasteiger partial charge in [-0.15, -0.1) is 0 Å². The zero-order valence-electron chi connectivity index (χ0n) is 11.7. The molecule has 0 aliphatic rings. The number of benzene rings is 2. The summed E-state index contributed by atoms with van der Waals surface area (Å²) in [4.78, 5) is 10.2. The van der Waals surface area contributed by atoms with Crippen molar-refractivity contribution in [1.29, 1.82) is 0 Å². The zero-order valence-corrected chi connectivity index (χ0v) is 12.5. The number of nitrogens with one attached hydrogen (secondary N) is 2. The van der Waals surface area contributed by atoms with Crippen LogP contribution in [0.1, 0.15) is 11.1 Å². The number of non-ortho nitro benzene ring substituents is 1. The normalized spacial score (nSPS) is 10.0. The minimum Gasteiger partial charge on any atom is -0.332 e. The monoisotopic (exact) mass is 301 g/mol. The molecule has 0 atom stereocenters. The smallest absolute Gasteiger partial charge is 0.269 e. The molecule has 0 radical (unpaired) electrons. The van der Waals surface area contributed by atoms with Crippen molar-refractivity contribution >= 4 is 34.4 Å². The van der Waals surface area contributed by atoms with E-state index in [2.05, 4.69) is 10.6 Å². The molecule has 0 fully saturated rings. The Morgan fingerprint density at radius 2 is 1.62 bits per heavy atom. The molecule has 0 saturated heterocycles. The summed E-state index contributed by atoms with van der Waals surface area (Å²) in [6, 6.07) is 12.1. The predicted octanol–water partition coefficient (Wildman–Crippen LogP) is 4.02. The molecule has 2 N–H and O–H groups in total. The van der Waals surface area contributed by atoms with Gasteiger partial charge in [0, 0.05) is 23.5 Å². The molecule has 2 rings (SSSR count). The van der Waals surface area contributed by atoms with Gasteiger partial charge in [-0.1, -0.05) is 18.2 Å². The Kier molecular flexibility index (Phi) is 4.49. The van der Waals surface area contributed by atoms with Crippen LogP contribution in [0.15, 0.2) is 42.5 Å². The maximum absolute atomic E-state index is 10.6. The van der Waals surface area contributed by atoms with E-state index < -0.39 is 4.92 Å². The average Bonchev–Trinajstić information content (AvgIpc) is 2.43. The first-order valence-corrected chi connectivity index (χ1v) is 6.77. The SMILES string of the molecule is Cc1cccc(C)c1NC(=S)Nc1ccc([N+](=O)[O-])cc1. The molecule has 0 aliphatic carbocycles. The largest absolute Gasteiger partial charge is 0.332 e. The van der Waals surface area contributed by atoms with Crippen LogP contribution in [0.4, 0.5) is 17.1 Å². The van der Waals surface area contributed by atoms with Crippen LogP contribution in [0.3, 0.4) is 0 Å². The third-order valence-corrected chi connectivity index (χ3v) is 3.26. The fraction of sp³-hybridized carbons (Fsp3) is 0.133. The van der Waals surface area contributed by atoms with Gasteiger partial charge in [0.2, 0.25) is 0 Å². The van der Waals surface area contributed by atoms with E-state index in [0.29, 0.717) is 10.8 Å². The van der Waals surface area contributed by atoms with E-state index in [1.165, 1.54) is 12.1 Å². The maximum atomic E-state index is 10.6. The van der Waals surface area contributed by atoms with E-state index in [9.17, 15) is 10.1 Å². The van der Waals surface area contributed by atoms with E-state index >= 15 is 0 Å². The minimum absolute atomic E-state index is 0.0502. The van der Waals surface area contributed by atoms with Crippen LogP contribution >= 0.6 is 12.2 Å². The number of nitrogens with zero attached hydrogens (tertiary/aromatic N) is 1. The molecular formula is C15H15N3O2S. The number of thiocarbonyl (C=S) groups is 1. The summed E-state index contributed by atoms with van der Waals surface area (Å²) in [6.07, 6.45) is 0. The van der Waals surface area contributed by atoms with Gasteiger partial charge in [0.05, 0.1) is 4.92 Å². The Bertz CT molecular complexity index is 664. The number of nitro benzene ring substituents is 1. The van der Waals surface area contributed by atoms with Crippen molar-refractivity contribution in [1.82, 2.24) is 0 Å². The second-order valence-corrected chi connectivity index (χ2v) is 5.06. The Morgan fingerprint density at radius 1 is 1.05 bits per heavy atom.